The van der Waals surface area contributed by atoms with Gasteiger partial charge in [0.15, 0.2) is 6.35 Å². The lowest BCUT2D eigenvalue weighted by Gasteiger charge is -2.20. The first kappa shape index (κ1) is 5.55. The van der Waals surface area contributed by atoms with Crippen LogP contribution in [0.2, 0.25) is 0 Å². The predicted molar refractivity (Wildman–Crippen MR) is 29.4 cm³/mol. The van der Waals surface area contributed by atoms with Gasteiger partial charge in [-0.15, -0.1) is 0 Å². The van der Waals surface area contributed by atoms with Gasteiger partial charge in [-0.25, -0.2) is 0 Å². The van der Waals surface area contributed by atoms with Crippen LogP contribution in [0.25, 0.3) is 0 Å². The highest BCUT2D eigenvalue weighted by Crippen LogP contribution is 1.83. The number of rotatable bonds is 0. The van der Waals surface area contributed by atoms with E-state index in [1.54, 1.807) is 12.3 Å². The molecule has 0 saturated heterocycles. The Kier molecular flexibility index (Phi) is 1.48. The zero-order chi connectivity index (χ0) is 5.98. The van der Waals surface area contributed by atoms with E-state index in [4.69, 9.17) is 10.8 Å². The maximum atomic E-state index is 8.73. The monoisotopic (exact) mass is 115 g/mol. The molecule has 0 amide bonds. The Hall–Kier alpha value is -0.580. The highest BCUT2D eigenvalue weighted by molar-refractivity contribution is 4.93. The van der Waals surface area contributed by atoms with E-state index >= 15 is 0 Å². The minimum Gasteiger partial charge on any atom is -0.361 e. The lowest BCUT2D eigenvalue weighted by Crippen LogP contribution is -2.51. The number of aliphatic hydroxyl groups is 1. The molecule has 4 nitrogen and oxygen atoms in total. The van der Waals surface area contributed by atoms with Crippen molar-refractivity contribution in [3.8, 4) is 0 Å². The highest BCUT2D eigenvalue weighted by atomic mass is 16.3. The molecule has 2 unspecified atom stereocenters. The summed E-state index contributed by atoms with van der Waals surface area (Å²) in [7, 11) is 0. The number of hydrogen-bond acceptors (Lipinski definition) is 4. The largest absolute Gasteiger partial charge is 0.361 e. The van der Waals surface area contributed by atoms with Crippen LogP contribution in [0.15, 0.2) is 12.3 Å². The van der Waals surface area contributed by atoms with E-state index in [1.807, 2.05) is 0 Å². The van der Waals surface area contributed by atoms with Crippen LogP contribution < -0.4 is 16.4 Å². The molecule has 0 aromatic heterocycles. The Labute approximate surface area is 47.4 Å². The lowest BCUT2D eigenvalue weighted by atomic mass is 10.4. The lowest BCUT2D eigenvalue weighted by molar-refractivity contribution is 0.103. The summed E-state index contributed by atoms with van der Waals surface area (Å²) in [5.41, 5.74) is 5.33. The molecule has 4 heteroatoms. The summed E-state index contributed by atoms with van der Waals surface area (Å²) in [5.74, 6) is 0. The second-order valence-corrected chi connectivity index (χ2v) is 1.62. The summed E-state index contributed by atoms with van der Waals surface area (Å²) in [6, 6.07) is 0. The summed E-state index contributed by atoms with van der Waals surface area (Å²) in [5, 5.41) is 13.9. The molecule has 1 heterocycles. The fourth-order valence-electron chi connectivity index (χ4n) is 0.536. The van der Waals surface area contributed by atoms with Crippen LogP contribution in [0.3, 0.4) is 0 Å². The summed E-state index contributed by atoms with van der Waals surface area (Å²) < 4.78 is 0. The molecule has 1 rings (SSSR count). The van der Waals surface area contributed by atoms with Gasteiger partial charge in [0, 0.05) is 0 Å². The second-order valence-electron chi connectivity index (χ2n) is 1.62. The van der Waals surface area contributed by atoms with Crippen LogP contribution in [-0.2, 0) is 0 Å². The zero-order valence-electron chi connectivity index (χ0n) is 4.33. The van der Waals surface area contributed by atoms with E-state index in [-0.39, 0.29) is 6.17 Å². The van der Waals surface area contributed by atoms with E-state index in [1.165, 1.54) is 0 Å². The Morgan fingerprint density at radius 2 is 2.38 bits per heavy atom. The molecule has 8 heavy (non-hydrogen) atoms. The predicted octanol–water partition coefficient (Wildman–Crippen LogP) is -1.75. The molecule has 46 valence electrons. The summed E-state index contributed by atoms with van der Waals surface area (Å²) in [4.78, 5) is 0. The molecule has 5 N–H and O–H groups in total. The van der Waals surface area contributed by atoms with Gasteiger partial charge in [0.05, 0.1) is 6.17 Å². The van der Waals surface area contributed by atoms with Gasteiger partial charge in [0.1, 0.15) is 0 Å². The van der Waals surface area contributed by atoms with Crippen molar-refractivity contribution in [2.45, 2.75) is 12.5 Å². The standard InChI is InChI=1S/C4H9N3O/c5-3-1-2-6-4(8)7-3/h1-4,6-8H,5H2. The Bertz CT molecular complexity index is 103. The maximum Gasteiger partial charge on any atom is 0.182 e. The minimum atomic E-state index is -0.699. The Balaban J connectivity index is 2.42. The van der Waals surface area contributed by atoms with Crippen molar-refractivity contribution in [1.29, 1.82) is 0 Å². The van der Waals surface area contributed by atoms with Crippen molar-refractivity contribution < 1.29 is 5.11 Å². The molecule has 0 bridgehead atoms. The molecule has 0 aromatic carbocycles. The first-order valence-electron chi connectivity index (χ1n) is 2.41. The highest BCUT2D eigenvalue weighted by Gasteiger charge is 2.06. The minimum absolute atomic E-state index is 0.230. The van der Waals surface area contributed by atoms with Crippen molar-refractivity contribution in [3.05, 3.63) is 12.3 Å². The smallest absolute Gasteiger partial charge is 0.182 e. The van der Waals surface area contributed by atoms with Crippen LogP contribution in [0.1, 0.15) is 0 Å². The van der Waals surface area contributed by atoms with Crippen LogP contribution in [0.4, 0.5) is 0 Å². The summed E-state index contributed by atoms with van der Waals surface area (Å²) in [6.07, 6.45) is 2.40. The molecule has 0 aromatic rings. The molecule has 1 aliphatic rings. The number of nitrogens with one attached hydrogen (secondary N) is 2. The molecule has 0 radical (unpaired) electrons. The molecule has 0 saturated carbocycles. The van der Waals surface area contributed by atoms with Crippen molar-refractivity contribution >= 4 is 0 Å². The Morgan fingerprint density at radius 1 is 1.62 bits per heavy atom. The maximum absolute atomic E-state index is 8.73. The summed E-state index contributed by atoms with van der Waals surface area (Å²) in [6.45, 7) is 0. The fraction of sp³-hybridized carbons (Fsp3) is 0.500. The van der Waals surface area contributed by atoms with Crippen LogP contribution in [0.5, 0.6) is 0 Å². The van der Waals surface area contributed by atoms with Crippen LogP contribution in [0, 0.1) is 0 Å². The van der Waals surface area contributed by atoms with E-state index in [0.717, 1.165) is 0 Å². The van der Waals surface area contributed by atoms with Crippen LogP contribution in [-0.4, -0.2) is 17.6 Å². The first-order chi connectivity index (χ1) is 3.79. The third-order valence-electron chi connectivity index (χ3n) is 0.908. The molecular formula is C4H9N3O. The van der Waals surface area contributed by atoms with E-state index in [0.29, 0.717) is 0 Å². The van der Waals surface area contributed by atoms with Gasteiger partial charge in [-0.05, 0) is 12.3 Å². The van der Waals surface area contributed by atoms with Crippen molar-refractivity contribution in [2.24, 2.45) is 5.73 Å². The number of aliphatic hydroxyl groups excluding tert-OH is 1. The third-order valence-corrected chi connectivity index (χ3v) is 0.908. The molecule has 0 aliphatic carbocycles. The average Bonchev–Trinajstić information content (AvgIpc) is 1.64. The molecular weight excluding hydrogens is 106 g/mol. The van der Waals surface area contributed by atoms with Gasteiger partial charge in [-0.3, -0.25) is 5.32 Å². The average molecular weight is 115 g/mol. The van der Waals surface area contributed by atoms with E-state index < -0.39 is 6.35 Å². The van der Waals surface area contributed by atoms with Crippen molar-refractivity contribution in [1.82, 2.24) is 10.6 Å². The van der Waals surface area contributed by atoms with Crippen molar-refractivity contribution in [2.75, 3.05) is 0 Å². The molecule has 1 aliphatic heterocycles. The topological polar surface area (TPSA) is 70.3 Å². The first-order valence-corrected chi connectivity index (χ1v) is 2.41. The number of hydrogen-bond donors (Lipinski definition) is 4. The molecule has 0 fully saturated rings. The fourth-order valence-corrected chi connectivity index (χ4v) is 0.536. The zero-order valence-corrected chi connectivity index (χ0v) is 4.33. The molecule has 0 spiro atoms. The van der Waals surface area contributed by atoms with Gasteiger partial charge < -0.3 is 16.2 Å². The van der Waals surface area contributed by atoms with Gasteiger partial charge in [0.2, 0.25) is 0 Å². The van der Waals surface area contributed by atoms with Gasteiger partial charge in [-0.1, -0.05) is 0 Å². The van der Waals surface area contributed by atoms with Gasteiger partial charge in [-0.2, -0.15) is 0 Å². The molecule has 2 atom stereocenters. The van der Waals surface area contributed by atoms with Crippen LogP contribution >= 0.6 is 0 Å². The quantitative estimate of drug-likeness (QED) is 0.302. The number of nitrogens with two attached hydrogens (primary N) is 1. The summed E-state index contributed by atoms with van der Waals surface area (Å²) >= 11 is 0. The van der Waals surface area contributed by atoms with E-state index in [2.05, 4.69) is 10.6 Å². The SMILES string of the molecule is NC1C=CNC(O)N1. The van der Waals surface area contributed by atoms with Crippen molar-refractivity contribution in [3.63, 3.8) is 0 Å². The third kappa shape index (κ3) is 1.19. The normalized spacial score (nSPS) is 36.8. The van der Waals surface area contributed by atoms with Gasteiger partial charge >= 0.3 is 0 Å². The Morgan fingerprint density at radius 3 is 2.75 bits per heavy atom. The van der Waals surface area contributed by atoms with Gasteiger partial charge in [0.25, 0.3) is 0 Å². The van der Waals surface area contributed by atoms with E-state index in [9.17, 15) is 0 Å². The second kappa shape index (κ2) is 2.13.